The molecule has 0 fully saturated rings. The van der Waals surface area contributed by atoms with Crippen molar-refractivity contribution >= 4 is 6.09 Å². The monoisotopic (exact) mass is 307 g/mol. The van der Waals surface area contributed by atoms with Crippen LogP contribution >= 0.6 is 0 Å². The number of nitrogens with one attached hydrogen (secondary N) is 1. The van der Waals surface area contributed by atoms with Crippen LogP contribution in [-0.2, 0) is 4.74 Å². The Labute approximate surface area is 137 Å². The molecular formula is C20H21NO2. The van der Waals surface area contributed by atoms with Gasteiger partial charge in [-0.1, -0.05) is 54.3 Å². The van der Waals surface area contributed by atoms with Crippen LogP contribution in [0.4, 0.5) is 4.79 Å². The number of carbonyl (C=O) groups is 1. The molecule has 118 valence electrons. The Morgan fingerprint density at radius 1 is 1.00 bits per heavy atom. The second kappa shape index (κ2) is 7.51. The summed E-state index contributed by atoms with van der Waals surface area (Å²) in [6.07, 6.45) is -0.453. The highest BCUT2D eigenvalue weighted by Gasteiger charge is 2.14. The molecule has 0 aliphatic heterocycles. The summed E-state index contributed by atoms with van der Waals surface area (Å²) in [6.45, 7) is 5.74. The van der Waals surface area contributed by atoms with E-state index in [-0.39, 0.29) is 6.54 Å². The number of hydrogen-bond acceptors (Lipinski definition) is 2. The highest BCUT2D eigenvalue weighted by Crippen LogP contribution is 2.18. The summed E-state index contributed by atoms with van der Waals surface area (Å²) < 4.78 is 5.14. The Balaban J connectivity index is 1.89. The van der Waals surface area contributed by atoms with Crippen molar-refractivity contribution in [2.24, 2.45) is 0 Å². The minimum absolute atomic E-state index is 0.259. The van der Waals surface area contributed by atoms with Gasteiger partial charge < -0.3 is 10.1 Å². The van der Waals surface area contributed by atoms with E-state index in [0.29, 0.717) is 0 Å². The van der Waals surface area contributed by atoms with Crippen molar-refractivity contribution in [3.8, 4) is 23.0 Å². The third kappa shape index (κ3) is 5.88. The van der Waals surface area contributed by atoms with Crippen molar-refractivity contribution in [1.29, 1.82) is 0 Å². The maximum absolute atomic E-state index is 11.5. The molecule has 0 aromatic heterocycles. The van der Waals surface area contributed by atoms with Crippen molar-refractivity contribution in [1.82, 2.24) is 5.32 Å². The van der Waals surface area contributed by atoms with Gasteiger partial charge in [0.2, 0.25) is 0 Å². The van der Waals surface area contributed by atoms with Crippen LogP contribution in [-0.4, -0.2) is 18.2 Å². The molecule has 0 saturated heterocycles. The minimum atomic E-state index is -0.495. The van der Waals surface area contributed by atoms with Gasteiger partial charge in [0.15, 0.2) is 0 Å². The summed E-state index contributed by atoms with van der Waals surface area (Å²) in [4.78, 5) is 11.5. The predicted octanol–water partition coefficient (Wildman–Crippen LogP) is 4.23. The maximum atomic E-state index is 11.5. The van der Waals surface area contributed by atoms with Crippen molar-refractivity contribution in [3.05, 3.63) is 60.2 Å². The fourth-order valence-corrected chi connectivity index (χ4v) is 1.95. The summed E-state index contributed by atoms with van der Waals surface area (Å²) in [7, 11) is 0. The van der Waals surface area contributed by atoms with E-state index in [1.165, 1.54) is 5.56 Å². The fourth-order valence-electron chi connectivity index (χ4n) is 1.95. The molecule has 23 heavy (non-hydrogen) atoms. The van der Waals surface area contributed by atoms with Crippen LogP contribution in [0.25, 0.3) is 11.1 Å². The molecule has 2 aromatic rings. The number of benzene rings is 2. The zero-order valence-corrected chi connectivity index (χ0v) is 13.7. The Bertz CT molecular complexity index is 701. The van der Waals surface area contributed by atoms with Gasteiger partial charge in [0, 0.05) is 5.56 Å². The zero-order chi connectivity index (χ0) is 16.7. The molecular weight excluding hydrogens is 286 g/mol. The quantitative estimate of drug-likeness (QED) is 0.843. The average Bonchev–Trinajstić information content (AvgIpc) is 2.51. The molecule has 0 saturated carbocycles. The van der Waals surface area contributed by atoms with E-state index >= 15 is 0 Å². The second-order valence-corrected chi connectivity index (χ2v) is 6.10. The molecule has 0 radical (unpaired) electrons. The van der Waals surface area contributed by atoms with E-state index in [0.717, 1.165) is 11.1 Å². The lowest BCUT2D eigenvalue weighted by Crippen LogP contribution is -2.32. The summed E-state index contributed by atoms with van der Waals surface area (Å²) in [5.74, 6) is 5.94. The molecule has 0 heterocycles. The second-order valence-electron chi connectivity index (χ2n) is 6.10. The molecule has 2 rings (SSSR count). The molecule has 0 aliphatic carbocycles. The molecule has 0 spiro atoms. The van der Waals surface area contributed by atoms with E-state index in [2.05, 4.69) is 29.3 Å². The van der Waals surface area contributed by atoms with Crippen molar-refractivity contribution in [3.63, 3.8) is 0 Å². The molecule has 2 aromatic carbocycles. The Morgan fingerprint density at radius 2 is 1.61 bits per heavy atom. The average molecular weight is 307 g/mol. The highest BCUT2D eigenvalue weighted by atomic mass is 16.6. The third-order valence-corrected chi connectivity index (χ3v) is 2.94. The normalized spacial score (nSPS) is 10.4. The van der Waals surface area contributed by atoms with Crippen molar-refractivity contribution < 1.29 is 9.53 Å². The van der Waals surface area contributed by atoms with Gasteiger partial charge in [0.1, 0.15) is 5.60 Å². The lowest BCUT2D eigenvalue weighted by Gasteiger charge is -2.18. The van der Waals surface area contributed by atoms with Gasteiger partial charge in [0.25, 0.3) is 0 Å². The topological polar surface area (TPSA) is 38.3 Å². The van der Waals surface area contributed by atoms with E-state index in [1.807, 2.05) is 63.2 Å². The first-order valence-corrected chi connectivity index (χ1v) is 7.55. The van der Waals surface area contributed by atoms with Gasteiger partial charge in [-0.05, 0) is 44.0 Å². The summed E-state index contributed by atoms with van der Waals surface area (Å²) >= 11 is 0. The standard InChI is InChI=1S/C20H21NO2/c1-20(2,3)23-19(22)21-15-7-8-16-11-13-18(14-12-16)17-9-5-4-6-10-17/h4-6,9-14H,15H2,1-3H3,(H,21,22). The maximum Gasteiger partial charge on any atom is 0.408 e. The van der Waals surface area contributed by atoms with Crippen LogP contribution < -0.4 is 5.32 Å². The fraction of sp³-hybridized carbons (Fsp3) is 0.250. The molecule has 0 unspecified atom stereocenters. The first-order chi connectivity index (χ1) is 10.9. The highest BCUT2D eigenvalue weighted by molar-refractivity contribution is 5.68. The molecule has 0 atom stereocenters. The number of alkyl carbamates (subject to hydrolysis) is 1. The lowest BCUT2D eigenvalue weighted by atomic mass is 10.0. The number of rotatable bonds is 2. The van der Waals surface area contributed by atoms with Gasteiger partial charge in [-0.3, -0.25) is 0 Å². The molecule has 0 aliphatic rings. The first-order valence-electron chi connectivity index (χ1n) is 7.55. The summed E-state index contributed by atoms with van der Waals surface area (Å²) in [5, 5.41) is 2.61. The van der Waals surface area contributed by atoms with Crippen LogP contribution in [0.15, 0.2) is 54.6 Å². The van der Waals surface area contributed by atoms with E-state index < -0.39 is 11.7 Å². The van der Waals surface area contributed by atoms with Crippen LogP contribution in [0.5, 0.6) is 0 Å². The SMILES string of the molecule is CC(C)(C)OC(=O)NCC#Cc1ccc(-c2ccccc2)cc1. The van der Waals surface area contributed by atoms with Gasteiger partial charge >= 0.3 is 6.09 Å². The van der Waals surface area contributed by atoms with Crippen LogP contribution in [0.1, 0.15) is 26.3 Å². The largest absolute Gasteiger partial charge is 0.444 e. The summed E-state index contributed by atoms with van der Waals surface area (Å²) in [5.41, 5.74) is 2.75. The van der Waals surface area contributed by atoms with Crippen LogP contribution in [0, 0.1) is 11.8 Å². The van der Waals surface area contributed by atoms with Crippen LogP contribution in [0.2, 0.25) is 0 Å². The van der Waals surface area contributed by atoms with E-state index in [1.54, 1.807) is 0 Å². The first kappa shape index (κ1) is 16.6. The van der Waals surface area contributed by atoms with Crippen molar-refractivity contribution in [2.45, 2.75) is 26.4 Å². The summed E-state index contributed by atoms with van der Waals surface area (Å²) in [6, 6.07) is 18.2. The van der Waals surface area contributed by atoms with E-state index in [9.17, 15) is 4.79 Å². The number of carbonyl (C=O) groups excluding carboxylic acids is 1. The lowest BCUT2D eigenvalue weighted by molar-refractivity contribution is 0.0535. The molecule has 1 amide bonds. The Hall–Kier alpha value is -2.73. The van der Waals surface area contributed by atoms with Gasteiger partial charge in [0.05, 0.1) is 6.54 Å². The van der Waals surface area contributed by atoms with Gasteiger partial charge in [-0.2, -0.15) is 0 Å². The van der Waals surface area contributed by atoms with E-state index in [4.69, 9.17) is 4.74 Å². The molecule has 0 bridgehead atoms. The molecule has 3 heteroatoms. The predicted molar refractivity (Wildman–Crippen MR) is 93.0 cm³/mol. The molecule has 1 N–H and O–H groups in total. The zero-order valence-electron chi connectivity index (χ0n) is 13.7. The number of ether oxygens (including phenoxy) is 1. The smallest absolute Gasteiger partial charge is 0.408 e. The molecule has 3 nitrogen and oxygen atoms in total. The minimum Gasteiger partial charge on any atom is -0.444 e. The Kier molecular flexibility index (Phi) is 5.43. The number of hydrogen-bond donors (Lipinski definition) is 1. The van der Waals surface area contributed by atoms with Crippen LogP contribution in [0.3, 0.4) is 0 Å². The number of amides is 1. The third-order valence-electron chi connectivity index (χ3n) is 2.94. The van der Waals surface area contributed by atoms with Gasteiger partial charge in [-0.15, -0.1) is 0 Å². The van der Waals surface area contributed by atoms with Gasteiger partial charge in [-0.25, -0.2) is 4.79 Å². The van der Waals surface area contributed by atoms with Crippen molar-refractivity contribution in [2.75, 3.05) is 6.54 Å². The Morgan fingerprint density at radius 3 is 2.22 bits per heavy atom.